The van der Waals surface area contributed by atoms with Crippen molar-refractivity contribution in [2.75, 3.05) is 11.9 Å². The summed E-state index contributed by atoms with van der Waals surface area (Å²) in [5.41, 5.74) is 0.703. The van der Waals surface area contributed by atoms with Gasteiger partial charge < -0.3 is 10.4 Å². The van der Waals surface area contributed by atoms with Crippen LogP contribution >= 0.6 is 11.3 Å². The molecule has 7 nitrogen and oxygen atoms in total. The molecule has 0 aromatic carbocycles. The molecular weight excluding hydrogens is 244 g/mol. The van der Waals surface area contributed by atoms with Gasteiger partial charge in [0.2, 0.25) is 0 Å². The van der Waals surface area contributed by atoms with Crippen molar-refractivity contribution in [2.45, 2.75) is 6.54 Å². The number of aromatic nitrogens is 2. The maximum absolute atomic E-state index is 10.7. The van der Waals surface area contributed by atoms with Crippen LogP contribution in [0.5, 0.6) is 0 Å². The zero-order chi connectivity index (χ0) is 12.3. The Kier molecular flexibility index (Phi) is 3.35. The number of anilines is 2. The summed E-state index contributed by atoms with van der Waals surface area (Å²) in [4.78, 5) is 10.3. The predicted octanol–water partition coefficient (Wildman–Crippen LogP) is 1.59. The van der Waals surface area contributed by atoms with Gasteiger partial charge >= 0.3 is 5.69 Å². The van der Waals surface area contributed by atoms with Crippen LogP contribution in [0, 0.1) is 10.1 Å². The van der Waals surface area contributed by atoms with E-state index >= 15 is 0 Å². The SMILES string of the molecule is O=[N+]([O-])c1ccsc1Nc1cnn(CCO)c1. The third kappa shape index (κ3) is 2.60. The van der Waals surface area contributed by atoms with E-state index < -0.39 is 4.92 Å². The smallest absolute Gasteiger partial charge is 0.303 e. The molecule has 0 atom stereocenters. The van der Waals surface area contributed by atoms with Gasteiger partial charge in [0, 0.05) is 12.3 Å². The Bertz CT molecular complexity index is 522. The zero-order valence-corrected chi connectivity index (χ0v) is 9.55. The van der Waals surface area contributed by atoms with E-state index in [1.54, 1.807) is 22.5 Å². The minimum absolute atomic E-state index is 0.000268. The maximum atomic E-state index is 10.7. The number of hydrogen-bond acceptors (Lipinski definition) is 6. The molecule has 2 N–H and O–H groups in total. The van der Waals surface area contributed by atoms with Gasteiger partial charge in [0.05, 0.1) is 30.0 Å². The highest BCUT2D eigenvalue weighted by molar-refractivity contribution is 7.14. The van der Waals surface area contributed by atoms with E-state index in [1.165, 1.54) is 17.4 Å². The molecule has 8 heteroatoms. The maximum Gasteiger partial charge on any atom is 0.303 e. The van der Waals surface area contributed by atoms with Gasteiger partial charge in [-0.25, -0.2) is 0 Å². The normalized spacial score (nSPS) is 10.4. The van der Waals surface area contributed by atoms with E-state index in [0.717, 1.165) is 0 Å². The monoisotopic (exact) mass is 254 g/mol. The Balaban J connectivity index is 2.14. The lowest BCUT2D eigenvalue weighted by Gasteiger charge is -1.99. The van der Waals surface area contributed by atoms with E-state index in [2.05, 4.69) is 10.4 Å². The van der Waals surface area contributed by atoms with Gasteiger partial charge in [-0.3, -0.25) is 14.8 Å². The van der Waals surface area contributed by atoms with Crippen LogP contribution in [0.15, 0.2) is 23.8 Å². The Hall–Kier alpha value is -1.93. The number of hydrogen-bond donors (Lipinski definition) is 2. The van der Waals surface area contributed by atoms with Crippen molar-refractivity contribution in [3.8, 4) is 0 Å². The summed E-state index contributed by atoms with van der Waals surface area (Å²) in [6, 6.07) is 1.45. The highest BCUT2D eigenvalue weighted by atomic mass is 32.1. The van der Waals surface area contributed by atoms with Crippen molar-refractivity contribution in [1.29, 1.82) is 0 Å². The number of nitro groups is 1. The first kappa shape index (κ1) is 11.6. The van der Waals surface area contributed by atoms with Crippen LogP contribution in [0.2, 0.25) is 0 Å². The van der Waals surface area contributed by atoms with Crippen LogP contribution in [0.4, 0.5) is 16.4 Å². The second kappa shape index (κ2) is 4.93. The summed E-state index contributed by atoms with van der Waals surface area (Å²) in [6.07, 6.45) is 3.23. The van der Waals surface area contributed by atoms with Crippen molar-refractivity contribution in [2.24, 2.45) is 0 Å². The molecule has 0 unspecified atom stereocenters. The van der Waals surface area contributed by atoms with Crippen molar-refractivity contribution in [3.05, 3.63) is 34.0 Å². The van der Waals surface area contributed by atoms with E-state index in [4.69, 9.17) is 5.11 Å². The lowest BCUT2D eigenvalue weighted by molar-refractivity contribution is -0.383. The van der Waals surface area contributed by atoms with Crippen LogP contribution in [0.3, 0.4) is 0 Å². The molecule has 0 aliphatic carbocycles. The quantitative estimate of drug-likeness (QED) is 0.624. The fraction of sp³-hybridized carbons (Fsp3) is 0.222. The summed E-state index contributed by atoms with van der Waals surface area (Å²) in [7, 11) is 0. The second-order valence-corrected chi connectivity index (χ2v) is 4.15. The molecule has 0 spiro atoms. The van der Waals surface area contributed by atoms with Gasteiger partial charge in [0.1, 0.15) is 0 Å². The van der Waals surface area contributed by atoms with Gasteiger partial charge in [-0.15, -0.1) is 11.3 Å². The molecule has 90 valence electrons. The molecular formula is C9H10N4O3S. The highest BCUT2D eigenvalue weighted by Crippen LogP contribution is 2.32. The minimum atomic E-state index is -0.434. The molecule has 0 radical (unpaired) electrons. The lowest BCUT2D eigenvalue weighted by Crippen LogP contribution is -2.01. The summed E-state index contributed by atoms with van der Waals surface area (Å²) >= 11 is 1.26. The van der Waals surface area contributed by atoms with Crippen LogP contribution in [-0.2, 0) is 6.54 Å². The molecule has 2 aromatic heterocycles. The molecule has 0 aliphatic rings. The fourth-order valence-corrected chi connectivity index (χ4v) is 2.10. The van der Waals surface area contributed by atoms with Gasteiger partial charge in [-0.2, -0.15) is 5.10 Å². The largest absolute Gasteiger partial charge is 0.394 e. The third-order valence-corrected chi connectivity index (χ3v) is 2.88. The lowest BCUT2D eigenvalue weighted by atomic mass is 10.5. The number of aliphatic hydroxyl groups is 1. The average molecular weight is 254 g/mol. The van der Waals surface area contributed by atoms with Gasteiger partial charge in [-0.1, -0.05) is 0 Å². The summed E-state index contributed by atoms with van der Waals surface area (Å²) in [6.45, 7) is 0.397. The molecule has 0 saturated carbocycles. The molecule has 0 fully saturated rings. The summed E-state index contributed by atoms with van der Waals surface area (Å²) in [5.74, 6) is 0. The van der Waals surface area contributed by atoms with Gasteiger partial charge in [-0.05, 0) is 5.38 Å². The van der Waals surface area contributed by atoms with E-state index in [-0.39, 0.29) is 12.3 Å². The van der Waals surface area contributed by atoms with E-state index in [9.17, 15) is 10.1 Å². The molecule has 2 heterocycles. The predicted molar refractivity (Wildman–Crippen MR) is 63.6 cm³/mol. The first-order valence-corrected chi connectivity index (χ1v) is 5.71. The number of nitrogens with zero attached hydrogens (tertiary/aromatic N) is 3. The van der Waals surface area contributed by atoms with Crippen molar-refractivity contribution in [1.82, 2.24) is 9.78 Å². The molecule has 2 aromatic rings. The number of aliphatic hydroxyl groups excluding tert-OH is 1. The molecule has 0 saturated heterocycles. The Labute approximate surface area is 100 Å². The fourth-order valence-electron chi connectivity index (χ4n) is 1.32. The van der Waals surface area contributed by atoms with Crippen LogP contribution in [0.25, 0.3) is 0 Å². The van der Waals surface area contributed by atoms with Crippen LogP contribution < -0.4 is 5.32 Å². The van der Waals surface area contributed by atoms with E-state index in [0.29, 0.717) is 17.2 Å². The molecule has 0 amide bonds. The number of thiophene rings is 1. The summed E-state index contributed by atoms with van der Waals surface area (Å²) < 4.78 is 1.56. The second-order valence-electron chi connectivity index (χ2n) is 3.23. The first-order valence-electron chi connectivity index (χ1n) is 4.83. The minimum Gasteiger partial charge on any atom is -0.394 e. The molecule has 0 aliphatic heterocycles. The van der Waals surface area contributed by atoms with Crippen LogP contribution in [0.1, 0.15) is 0 Å². The Morgan fingerprint density at radius 3 is 3.18 bits per heavy atom. The van der Waals surface area contributed by atoms with E-state index in [1.807, 2.05) is 0 Å². The Morgan fingerprint density at radius 1 is 1.65 bits per heavy atom. The zero-order valence-electron chi connectivity index (χ0n) is 8.74. The summed E-state index contributed by atoms with van der Waals surface area (Å²) in [5, 5.41) is 28.5. The van der Waals surface area contributed by atoms with Crippen molar-refractivity contribution in [3.63, 3.8) is 0 Å². The molecule has 17 heavy (non-hydrogen) atoms. The highest BCUT2D eigenvalue weighted by Gasteiger charge is 2.15. The standard InChI is InChI=1S/C9H10N4O3S/c14-3-2-12-6-7(5-10-12)11-9-8(13(15)16)1-4-17-9/h1,4-6,11,14H,2-3H2. The van der Waals surface area contributed by atoms with Crippen molar-refractivity contribution < 1.29 is 10.0 Å². The molecule has 2 rings (SSSR count). The first-order chi connectivity index (χ1) is 8.20. The van der Waals surface area contributed by atoms with Crippen LogP contribution in [-0.4, -0.2) is 26.4 Å². The Morgan fingerprint density at radius 2 is 2.47 bits per heavy atom. The van der Waals surface area contributed by atoms with Gasteiger partial charge in [0.15, 0.2) is 5.00 Å². The molecule has 0 bridgehead atoms. The number of nitrogens with one attached hydrogen (secondary N) is 1. The van der Waals surface area contributed by atoms with Crippen molar-refractivity contribution >= 4 is 27.7 Å². The average Bonchev–Trinajstić information content (AvgIpc) is 2.89. The topological polar surface area (TPSA) is 93.2 Å². The third-order valence-electron chi connectivity index (χ3n) is 2.06. The number of rotatable bonds is 5. The van der Waals surface area contributed by atoms with Gasteiger partial charge in [0.25, 0.3) is 0 Å².